The fourth-order valence-electron chi connectivity index (χ4n) is 1.35. The number of nitrogens with one attached hydrogen (secondary N) is 1. The molecule has 0 radical (unpaired) electrons. The molecule has 0 bridgehead atoms. The van der Waals surface area contributed by atoms with Crippen LogP contribution < -0.4 is 5.32 Å². The van der Waals surface area contributed by atoms with Gasteiger partial charge >= 0.3 is 0 Å². The minimum absolute atomic E-state index is 0.0335. The number of halogens is 1. The lowest BCUT2D eigenvalue weighted by atomic mass is 10.1. The van der Waals surface area contributed by atoms with E-state index in [4.69, 9.17) is 16.7 Å². The van der Waals surface area contributed by atoms with Crippen LogP contribution in [0.5, 0.6) is 0 Å². The Morgan fingerprint density at radius 1 is 1.69 bits per heavy atom. The van der Waals surface area contributed by atoms with Gasteiger partial charge in [-0.15, -0.1) is 0 Å². The number of aromatic nitrogens is 1. The first-order valence-electron chi connectivity index (χ1n) is 5.21. The Morgan fingerprint density at radius 2 is 2.44 bits per heavy atom. The summed E-state index contributed by atoms with van der Waals surface area (Å²) in [5, 5.41) is 11.8. The van der Waals surface area contributed by atoms with Gasteiger partial charge in [-0.05, 0) is 25.0 Å². The van der Waals surface area contributed by atoms with Gasteiger partial charge in [-0.1, -0.05) is 18.5 Å². The molecule has 1 aromatic rings. The normalized spacial score (nSPS) is 12.2. The van der Waals surface area contributed by atoms with Gasteiger partial charge in [-0.25, -0.2) is 4.98 Å². The van der Waals surface area contributed by atoms with Crippen molar-refractivity contribution in [2.45, 2.75) is 25.8 Å². The van der Waals surface area contributed by atoms with E-state index in [0.29, 0.717) is 12.0 Å². The largest absolute Gasteiger partial charge is 0.396 e. The third-order valence-electron chi connectivity index (χ3n) is 2.31. The summed E-state index contributed by atoms with van der Waals surface area (Å²) >= 11 is 5.80. The van der Waals surface area contributed by atoms with E-state index in [-0.39, 0.29) is 23.7 Å². The molecule has 1 heterocycles. The standard InChI is InChI=1S/C11H15ClN2O2/c1-2-8(5-7-15)14-11(16)9-4-3-6-13-10(9)12/h3-4,6,8,15H,2,5,7H2,1H3,(H,14,16). The van der Waals surface area contributed by atoms with Gasteiger partial charge in [-0.2, -0.15) is 0 Å². The van der Waals surface area contributed by atoms with Crippen molar-refractivity contribution in [3.63, 3.8) is 0 Å². The molecule has 16 heavy (non-hydrogen) atoms. The lowest BCUT2D eigenvalue weighted by Crippen LogP contribution is -2.35. The van der Waals surface area contributed by atoms with Crippen LogP contribution in [0, 0.1) is 0 Å². The van der Waals surface area contributed by atoms with Gasteiger partial charge in [-0.3, -0.25) is 4.79 Å². The minimum Gasteiger partial charge on any atom is -0.396 e. The van der Waals surface area contributed by atoms with Crippen molar-refractivity contribution < 1.29 is 9.90 Å². The van der Waals surface area contributed by atoms with Gasteiger partial charge < -0.3 is 10.4 Å². The Morgan fingerprint density at radius 3 is 3.00 bits per heavy atom. The maximum atomic E-state index is 11.8. The van der Waals surface area contributed by atoms with E-state index in [1.165, 1.54) is 6.20 Å². The molecule has 5 heteroatoms. The zero-order valence-electron chi connectivity index (χ0n) is 9.11. The lowest BCUT2D eigenvalue weighted by Gasteiger charge is -2.15. The van der Waals surface area contributed by atoms with Gasteiger partial charge in [0.2, 0.25) is 0 Å². The first-order valence-corrected chi connectivity index (χ1v) is 5.59. The smallest absolute Gasteiger partial charge is 0.254 e. The van der Waals surface area contributed by atoms with Crippen LogP contribution in [0.15, 0.2) is 18.3 Å². The summed E-state index contributed by atoms with van der Waals surface area (Å²) in [6, 6.07) is 3.25. The molecule has 1 unspecified atom stereocenters. The quantitative estimate of drug-likeness (QED) is 0.772. The second-order valence-electron chi connectivity index (χ2n) is 3.43. The number of hydrogen-bond acceptors (Lipinski definition) is 3. The first-order chi connectivity index (χ1) is 7.69. The molecular formula is C11H15ClN2O2. The molecule has 2 N–H and O–H groups in total. The van der Waals surface area contributed by atoms with Crippen molar-refractivity contribution in [3.05, 3.63) is 29.0 Å². The third kappa shape index (κ3) is 3.47. The zero-order chi connectivity index (χ0) is 12.0. The predicted molar refractivity (Wildman–Crippen MR) is 62.5 cm³/mol. The van der Waals surface area contributed by atoms with E-state index in [1.807, 2.05) is 6.92 Å². The highest BCUT2D eigenvalue weighted by atomic mass is 35.5. The molecule has 0 aromatic carbocycles. The third-order valence-corrected chi connectivity index (χ3v) is 2.61. The molecule has 1 rings (SSSR count). The monoisotopic (exact) mass is 242 g/mol. The number of pyridine rings is 1. The Hall–Kier alpha value is -1.13. The van der Waals surface area contributed by atoms with Crippen LogP contribution in [-0.2, 0) is 0 Å². The van der Waals surface area contributed by atoms with E-state index < -0.39 is 0 Å². The summed E-state index contributed by atoms with van der Waals surface area (Å²) in [5.74, 6) is -0.251. The Kier molecular flexibility index (Phi) is 5.22. The minimum atomic E-state index is -0.251. The van der Waals surface area contributed by atoms with Crippen molar-refractivity contribution in [2.24, 2.45) is 0 Å². The van der Waals surface area contributed by atoms with Crippen LogP contribution >= 0.6 is 11.6 Å². The fourth-order valence-corrected chi connectivity index (χ4v) is 1.56. The number of hydrogen-bond donors (Lipinski definition) is 2. The maximum Gasteiger partial charge on any atom is 0.254 e. The molecule has 0 aliphatic rings. The van der Waals surface area contributed by atoms with Gasteiger partial charge in [0, 0.05) is 18.8 Å². The molecule has 0 aliphatic carbocycles. The fraction of sp³-hybridized carbons (Fsp3) is 0.455. The zero-order valence-corrected chi connectivity index (χ0v) is 9.87. The molecule has 0 spiro atoms. The Bertz CT molecular complexity index is 358. The van der Waals surface area contributed by atoms with Crippen molar-refractivity contribution in [1.29, 1.82) is 0 Å². The van der Waals surface area contributed by atoms with E-state index >= 15 is 0 Å². The lowest BCUT2D eigenvalue weighted by molar-refractivity contribution is 0.0929. The predicted octanol–water partition coefficient (Wildman–Crippen LogP) is 1.63. The maximum absolute atomic E-state index is 11.8. The molecule has 1 amide bonds. The topological polar surface area (TPSA) is 62.2 Å². The van der Waals surface area contributed by atoms with Gasteiger partial charge in [0.25, 0.3) is 5.91 Å². The Labute approximate surface area is 99.6 Å². The van der Waals surface area contributed by atoms with E-state index in [9.17, 15) is 4.79 Å². The molecule has 0 saturated carbocycles. The first kappa shape index (κ1) is 12.9. The number of nitrogens with zero attached hydrogens (tertiary/aromatic N) is 1. The molecule has 0 saturated heterocycles. The number of aliphatic hydroxyl groups excluding tert-OH is 1. The SMILES string of the molecule is CCC(CCO)NC(=O)c1cccnc1Cl. The highest BCUT2D eigenvalue weighted by Crippen LogP contribution is 2.11. The second kappa shape index (κ2) is 6.45. The summed E-state index contributed by atoms with van der Waals surface area (Å²) in [6.07, 6.45) is 2.84. The molecule has 0 aliphatic heterocycles. The molecule has 88 valence electrons. The van der Waals surface area contributed by atoms with Gasteiger partial charge in [0.15, 0.2) is 0 Å². The number of carbonyl (C=O) groups is 1. The van der Waals surface area contributed by atoms with Crippen LogP contribution in [-0.4, -0.2) is 28.6 Å². The van der Waals surface area contributed by atoms with Crippen LogP contribution in [0.1, 0.15) is 30.1 Å². The number of aliphatic hydroxyl groups is 1. The van der Waals surface area contributed by atoms with Crippen LogP contribution in [0.2, 0.25) is 5.15 Å². The van der Waals surface area contributed by atoms with Crippen molar-refractivity contribution in [3.8, 4) is 0 Å². The van der Waals surface area contributed by atoms with E-state index in [0.717, 1.165) is 6.42 Å². The number of rotatable bonds is 5. The number of amides is 1. The van der Waals surface area contributed by atoms with Crippen LogP contribution in [0.25, 0.3) is 0 Å². The summed E-state index contributed by atoms with van der Waals surface area (Å²) in [6.45, 7) is 2.00. The summed E-state index contributed by atoms with van der Waals surface area (Å²) in [5.41, 5.74) is 0.362. The van der Waals surface area contributed by atoms with Crippen LogP contribution in [0.4, 0.5) is 0 Å². The summed E-state index contributed by atoms with van der Waals surface area (Å²) in [7, 11) is 0. The molecule has 1 aromatic heterocycles. The molecule has 4 nitrogen and oxygen atoms in total. The summed E-state index contributed by atoms with van der Waals surface area (Å²) < 4.78 is 0. The highest BCUT2D eigenvalue weighted by Gasteiger charge is 2.14. The highest BCUT2D eigenvalue weighted by molar-refractivity contribution is 6.32. The number of carbonyl (C=O) groups excluding carboxylic acids is 1. The summed E-state index contributed by atoms with van der Waals surface area (Å²) in [4.78, 5) is 15.6. The average molecular weight is 243 g/mol. The Balaban J connectivity index is 2.68. The van der Waals surface area contributed by atoms with E-state index in [2.05, 4.69) is 10.3 Å². The molecular weight excluding hydrogens is 228 g/mol. The second-order valence-corrected chi connectivity index (χ2v) is 3.79. The van der Waals surface area contributed by atoms with Gasteiger partial charge in [0.05, 0.1) is 5.56 Å². The van der Waals surface area contributed by atoms with Crippen molar-refractivity contribution in [2.75, 3.05) is 6.61 Å². The molecule has 0 fully saturated rings. The van der Waals surface area contributed by atoms with Crippen molar-refractivity contribution in [1.82, 2.24) is 10.3 Å². The average Bonchev–Trinajstić information content (AvgIpc) is 2.28. The van der Waals surface area contributed by atoms with E-state index in [1.54, 1.807) is 12.1 Å². The van der Waals surface area contributed by atoms with Crippen LogP contribution in [0.3, 0.4) is 0 Å². The van der Waals surface area contributed by atoms with Gasteiger partial charge in [0.1, 0.15) is 5.15 Å². The molecule has 1 atom stereocenters. The van der Waals surface area contributed by atoms with Crippen molar-refractivity contribution >= 4 is 17.5 Å².